The first kappa shape index (κ1) is 15.3. The second-order valence-electron chi connectivity index (χ2n) is 5.62. The highest BCUT2D eigenvalue weighted by atomic mass is 16.1. The average molecular weight is 281 g/mol. The lowest BCUT2D eigenvalue weighted by Gasteiger charge is -2.17. The van der Waals surface area contributed by atoms with Crippen LogP contribution in [0.5, 0.6) is 0 Å². The maximum absolute atomic E-state index is 12.4. The molecule has 0 fully saturated rings. The Labute approximate surface area is 127 Å². The number of nitrogens with one attached hydrogen (secondary N) is 1. The summed E-state index contributed by atoms with van der Waals surface area (Å²) in [5, 5.41) is 3.11. The lowest BCUT2D eigenvalue weighted by Crippen LogP contribution is -2.28. The number of hydrogen-bond acceptors (Lipinski definition) is 1. The standard InChI is InChI=1S/C19H23NO/c1-4-18(16-8-6-5-7-9-16)20-19(21)17-12-10-15(11-13-17)14(2)3/h5-14,18H,4H2,1-3H3,(H,20,21)/t18-/m0/s1. The Balaban J connectivity index is 2.09. The smallest absolute Gasteiger partial charge is 0.251 e. The Hall–Kier alpha value is -2.09. The summed E-state index contributed by atoms with van der Waals surface area (Å²) < 4.78 is 0. The lowest BCUT2D eigenvalue weighted by molar-refractivity contribution is 0.0935. The van der Waals surface area contributed by atoms with Gasteiger partial charge >= 0.3 is 0 Å². The van der Waals surface area contributed by atoms with Gasteiger partial charge in [-0.25, -0.2) is 0 Å². The van der Waals surface area contributed by atoms with E-state index >= 15 is 0 Å². The summed E-state index contributed by atoms with van der Waals surface area (Å²) in [5.41, 5.74) is 3.11. The van der Waals surface area contributed by atoms with Crippen molar-refractivity contribution in [1.29, 1.82) is 0 Å². The van der Waals surface area contributed by atoms with Crippen LogP contribution in [0.2, 0.25) is 0 Å². The summed E-state index contributed by atoms with van der Waals surface area (Å²) >= 11 is 0. The van der Waals surface area contributed by atoms with E-state index in [0.29, 0.717) is 11.5 Å². The summed E-state index contributed by atoms with van der Waals surface area (Å²) in [7, 11) is 0. The van der Waals surface area contributed by atoms with Gasteiger partial charge in [-0.2, -0.15) is 0 Å². The molecule has 0 unspecified atom stereocenters. The van der Waals surface area contributed by atoms with Crippen LogP contribution in [0.1, 0.15) is 60.6 Å². The third-order valence-electron chi connectivity index (χ3n) is 3.76. The molecule has 0 aromatic heterocycles. The van der Waals surface area contributed by atoms with Crippen molar-refractivity contribution < 1.29 is 4.79 Å². The maximum atomic E-state index is 12.4. The van der Waals surface area contributed by atoms with Gasteiger partial charge in [0.1, 0.15) is 0 Å². The van der Waals surface area contributed by atoms with Gasteiger partial charge in [0, 0.05) is 5.56 Å². The molecular formula is C19H23NO. The summed E-state index contributed by atoms with van der Waals surface area (Å²) in [5.74, 6) is 0.468. The molecule has 2 nitrogen and oxygen atoms in total. The molecule has 1 atom stereocenters. The first-order valence-corrected chi connectivity index (χ1v) is 7.57. The van der Waals surface area contributed by atoms with Crippen LogP contribution in [-0.2, 0) is 0 Å². The van der Waals surface area contributed by atoms with Crippen LogP contribution in [0.15, 0.2) is 54.6 Å². The molecule has 2 aromatic carbocycles. The zero-order chi connectivity index (χ0) is 15.2. The Kier molecular flexibility index (Phi) is 5.15. The first-order chi connectivity index (χ1) is 10.1. The van der Waals surface area contributed by atoms with E-state index in [0.717, 1.165) is 12.0 Å². The number of benzene rings is 2. The fraction of sp³-hybridized carbons (Fsp3) is 0.316. The van der Waals surface area contributed by atoms with E-state index < -0.39 is 0 Å². The highest BCUT2D eigenvalue weighted by Gasteiger charge is 2.13. The van der Waals surface area contributed by atoms with Gasteiger partial charge in [-0.05, 0) is 35.6 Å². The van der Waals surface area contributed by atoms with Gasteiger partial charge in [0.05, 0.1) is 6.04 Å². The van der Waals surface area contributed by atoms with E-state index in [2.05, 4.69) is 38.2 Å². The van der Waals surface area contributed by atoms with Gasteiger partial charge in [-0.15, -0.1) is 0 Å². The van der Waals surface area contributed by atoms with Crippen LogP contribution >= 0.6 is 0 Å². The number of rotatable bonds is 5. The number of amides is 1. The molecule has 21 heavy (non-hydrogen) atoms. The molecular weight excluding hydrogens is 258 g/mol. The number of carbonyl (C=O) groups is 1. The van der Waals surface area contributed by atoms with Crippen molar-refractivity contribution in [2.75, 3.05) is 0 Å². The van der Waals surface area contributed by atoms with Crippen molar-refractivity contribution >= 4 is 5.91 Å². The Morgan fingerprint density at radius 1 is 0.952 bits per heavy atom. The minimum Gasteiger partial charge on any atom is -0.345 e. The largest absolute Gasteiger partial charge is 0.345 e. The molecule has 0 spiro atoms. The zero-order valence-electron chi connectivity index (χ0n) is 13.0. The molecule has 0 radical (unpaired) electrons. The topological polar surface area (TPSA) is 29.1 Å². The first-order valence-electron chi connectivity index (χ1n) is 7.57. The number of carbonyl (C=O) groups excluding carboxylic acids is 1. The van der Waals surface area contributed by atoms with E-state index in [1.165, 1.54) is 5.56 Å². The summed E-state index contributed by atoms with van der Waals surface area (Å²) in [6.07, 6.45) is 0.875. The Bertz CT molecular complexity index is 572. The number of hydrogen-bond donors (Lipinski definition) is 1. The van der Waals surface area contributed by atoms with Crippen LogP contribution in [0.3, 0.4) is 0 Å². The van der Waals surface area contributed by atoms with Crippen LogP contribution < -0.4 is 5.32 Å². The summed E-state index contributed by atoms with van der Waals surface area (Å²) in [4.78, 5) is 12.4. The van der Waals surface area contributed by atoms with Gasteiger partial charge in [0.2, 0.25) is 0 Å². The van der Waals surface area contributed by atoms with Crippen molar-refractivity contribution in [3.63, 3.8) is 0 Å². The molecule has 110 valence electrons. The van der Waals surface area contributed by atoms with E-state index in [4.69, 9.17) is 0 Å². The maximum Gasteiger partial charge on any atom is 0.251 e. The minimum absolute atomic E-state index is 0.0130. The average Bonchev–Trinajstić information content (AvgIpc) is 2.53. The third kappa shape index (κ3) is 3.94. The Morgan fingerprint density at radius 2 is 1.57 bits per heavy atom. The molecule has 0 saturated heterocycles. The molecule has 1 amide bonds. The summed E-state index contributed by atoms with van der Waals surface area (Å²) in [6, 6.07) is 18.0. The molecule has 1 N–H and O–H groups in total. The third-order valence-corrected chi connectivity index (χ3v) is 3.76. The predicted octanol–water partition coefficient (Wildman–Crippen LogP) is 4.69. The fourth-order valence-corrected chi connectivity index (χ4v) is 2.37. The lowest BCUT2D eigenvalue weighted by atomic mass is 10.0. The SMILES string of the molecule is CC[C@H](NC(=O)c1ccc(C(C)C)cc1)c1ccccc1. The van der Waals surface area contributed by atoms with E-state index in [-0.39, 0.29) is 11.9 Å². The monoisotopic (exact) mass is 281 g/mol. The van der Waals surface area contributed by atoms with Gasteiger partial charge in [-0.1, -0.05) is 63.2 Å². The quantitative estimate of drug-likeness (QED) is 0.846. The molecule has 0 heterocycles. The molecule has 0 bridgehead atoms. The van der Waals surface area contributed by atoms with Gasteiger partial charge in [0.25, 0.3) is 5.91 Å². The molecule has 0 aliphatic heterocycles. The van der Waals surface area contributed by atoms with E-state index in [1.54, 1.807) is 0 Å². The molecule has 2 rings (SSSR count). The normalized spacial score (nSPS) is 12.2. The fourth-order valence-electron chi connectivity index (χ4n) is 2.37. The van der Waals surface area contributed by atoms with Crippen LogP contribution in [0, 0.1) is 0 Å². The highest BCUT2D eigenvalue weighted by molar-refractivity contribution is 5.94. The van der Waals surface area contributed by atoms with E-state index in [1.807, 2.05) is 42.5 Å². The van der Waals surface area contributed by atoms with Gasteiger partial charge in [-0.3, -0.25) is 4.79 Å². The van der Waals surface area contributed by atoms with Crippen molar-refractivity contribution in [2.24, 2.45) is 0 Å². The minimum atomic E-state index is -0.0130. The van der Waals surface area contributed by atoms with Gasteiger partial charge < -0.3 is 5.32 Å². The van der Waals surface area contributed by atoms with Crippen LogP contribution in [0.25, 0.3) is 0 Å². The molecule has 0 saturated carbocycles. The Morgan fingerprint density at radius 3 is 2.10 bits per heavy atom. The highest BCUT2D eigenvalue weighted by Crippen LogP contribution is 2.18. The van der Waals surface area contributed by atoms with Crippen molar-refractivity contribution in [2.45, 2.75) is 39.2 Å². The second kappa shape index (κ2) is 7.07. The molecule has 2 heteroatoms. The second-order valence-corrected chi connectivity index (χ2v) is 5.62. The zero-order valence-corrected chi connectivity index (χ0v) is 13.0. The molecule has 0 aliphatic rings. The van der Waals surface area contributed by atoms with Crippen molar-refractivity contribution in [3.05, 3.63) is 71.3 Å². The van der Waals surface area contributed by atoms with Crippen LogP contribution in [0.4, 0.5) is 0 Å². The molecule has 0 aliphatic carbocycles. The van der Waals surface area contributed by atoms with Gasteiger partial charge in [0.15, 0.2) is 0 Å². The van der Waals surface area contributed by atoms with Crippen molar-refractivity contribution in [1.82, 2.24) is 5.32 Å². The van der Waals surface area contributed by atoms with Crippen molar-refractivity contribution in [3.8, 4) is 0 Å². The van der Waals surface area contributed by atoms with Crippen LogP contribution in [-0.4, -0.2) is 5.91 Å². The van der Waals surface area contributed by atoms with E-state index in [9.17, 15) is 4.79 Å². The summed E-state index contributed by atoms with van der Waals surface area (Å²) in [6.45, 7) is 6.38. The molecule has 2 aromatic rings. The predicted molar refractivity (Wildman–Crippen MR) is 87.5 cm³/mol.